The second-order valence-corrected chi connectivity index (χ2v) is 5.12. The fourth-order valence-electron chi connectivity index (χ4n) is 2.54. The molecule has 0 unspecified atom stereocenters. The van der Waals surface area contributed by atoms with Gasteiger partial charge in [0.2, 0.25) is 0 Å². The number of hydrogen-bond donors (Lipinski definition) is 2. The van der Waals surface area contributed by atoms with E-state index in [1.54, 1.807) is 6.20 Å². The third-order valence-electron chi connectivity index (χ3n) is 3.68. The van der Waals surface area contributed by atoms with E-state index in [2.05, 4.69) is 33.5 Å². The van der Waals surface area contributed by atoms with Crippen molar-refractivity contribution < 1.29 is 0 Å². The van der Waals surface area contributed by atoms with Crippen molar-refractivity contribution in [3.63, 3.8) is 0 Å². The summed E-state index contributed by atoms with van der Waals surface area (Å²) in [6.45, 7) is 0.479. The summed E-state index contributed by atoms with van der Waals surface area (Å²) in [5, 5.41) is 3.14. The van der Waals surface area contributed by atoms with Crippen molar-refractivity contribution >= 4 is 11.6 Å². The summed E-state index contributed by atoms with van der Waals surface area (Å²) in [4.78, 5) is 8.53. The van der Waals surface area contributed by atoms with Crippen LogP contribution in [0, 0.1) is 0 Å². The summed E-state index contributed by atoms with van der Waals surface area (Å²) >= 11 is 0. The van der Waals surface area contributed by atoms with Gasteiger partial charge in [-0.2, -0.15) is 0 Å². The molecule has 0 aliphatic heterocycles. The fourth-order valence-corrected chi connectivity index (χ4v) is 2.54. The number of aliphatic imine (C=N–C) groups is 1. The molecule has 3 N–H and O–H groups in total. The van der Waals surface area contributed by atoms with Gasteiger partial charge in [0.15, 0.2) is 5.96 Å². The van der Waals surface area contributed by atoms with Crippen molar-refractivity contribution in [1.29, 1.82) is 0 Å². The summed E-state index contributed by atoms with van der Waals surface area (Å²) in [5.74, 6) is 1.31. The number of anilines is 1. The molecule has 1 aliphatic carbocycles. The van der Waals surface area contributed by atoms with E-state index in [9.17, 15) is 0 Å². The SMILES string of the molecule is Cn1ccnc1CN=C(N)Nc1ccc2c(c1)CCC2. The number of imidazole rings is 1. The van der Waals surface area contributed by atoms with Crippen LogP contribution in [0.15, 0.2) is 35.6 Å². The number of fused-ring (bicyclic) bond motifs is 1. The molecule has 20 heavy (non-hydrogen) atoms. The monoisotopic (exact) mass is 269 g/mol. The molecule has 1 aromatic heterocycles. The van der Waals surface area contributed by atoms with Gasteiger partial charge in [0.25, 0.3) is 0 Å². The molecule has 1 aliphatic rings. The van der Waals surface area contributed by atoms with Crippen LogP contribution in [-0.2, 0) is 26.4 Å². The number of rotatable bonds is 3. The van der Waals surface area contributed by atoms with E-state index in [1.807, 2.05) is 17.8 Å². The van der Waals surface area contributed by atoms with Crippen molar-refractivity contribution in [2.75, 3.05) is 5.32 Å². The van der Waals surface area contributed by atoms with Gasteiger partial charge < -0.3 is 15.6 Å². The van der Waals surface area contributed by atoms with Crippen LogP contribution in [-0.4, -0.2) is 15.5 Å². The predicted molar refractivity (Wildman–Crippen MR) is 80.6 cm³/mol. The van der Waals surface area contributed by atoms with Crippen LogP contribution in [0.1, 0.15) is 23.4 Å². The third kappa shape index (κ3) is 2.66. The lowest BCUT2D eigenvalue weighted by molar-refractivity contribution is 0.793. The molecule has 0 fully saturated rings. The molecular weight excluding hydrogens is 250 g/mol. The highest BCUT2D eigenvalue weighted by atomic mass is 15.1. The Bertz CT molecular complexity index is 641. The minimum absolute atomic E-state index is 0.422. The lowest BCUT2D eigenvalue weighted by atomic mass is 10.1. The van der Waals surface area contributed by atoms with Gasteiger partial charge in [-0.1, -0.05) is 6.07 Å². The second-order valence-electron chi connectivity index (χ2n) is 5.12. The number of nitrogens with zero attached hydrogens (tertiary/aromatic N) is 3. The maximum Gasteiger partial charge on any atom is 0.193 e. The molecule has 0 atom stereocenters. The quantitative estimate of drug-likeness (QED) is 0.660. The Balaban J connectivity index is 1.66. The maximum absolute atomic E-state index is 5.92. The first-order valence-corrected chi connectivity index (χ1v) is 6.87. The predicted octanol–water partition coefficient (Wildman–Crippen LogP) is 1.84. The van der Waals surface area contributed by atoms with Gasteiger partial charge in [-0.05, 0) is 42.5 Å². The number of nitrogens with two attached hydrogens (primary N) is 1. The number of aryl methyl sites for hydroxylation is 3. The van der Waals surface area contributed by atoms with E-state index in [1.165, 1.54) is 24.0 Å². The molecule has 5 heteroatoms. The molecule has 1 heterocycles. The lowest BCUT2D eigenvalue weighted by Gasteiger charge is -2.08. The van der Waals surface area contributed by atoms with E-state index in [4.69, 9.17) is 5.73 Å². The maximum atomic E-state index is 5.92. The molecular formula is C15H19N5. The molecule has 3 rings (SSSR count). The van der Waals surface area contributed by atoms with E-state index in [-0.39, 0.29) is 0 Å². The van der Waals surface area contributed by atoms with Gasteiger partial charge in [0.05, 0.1) is 0 Å². The highest BCUT2D eigenvalue weighted by molar-refractivity contribution is 5.92. The summed E-state index contributed by atoms with van der Waals surface area (Å²) in [6.07, 6.45) is 7.26. The number of guanidine groups is 1. The normalized spacial score (nSPS) is 14.3. The molecule has 0 saturated carbocycles. The zero-order chi connectivity index (χ0) is 13.9. The molecule has 0 amide bonds. The molecule has 0 spiro atoms. The van der Waals surface area contributed by atoms with Gasteiger partial charge in [-0.25, -0.2) is 9.98 Å². The second kappa shape index (κ2) is 5.36. The van der Waals surface area contributed by atoms with Crippen LogP contribution >= 0.6 is 0 Å². The first kappa shape index (κ1) is 12.7. The number of hydrogen-bond acceptors (Lipinski definition) is 2. The van der Waals surface area contributed by atoms with Crippen LogP contribution in [0.2, 0.25) is 0 Å². The van der Waals surface area contributed by atoms with Gasteiger partial charge in [-0.3, -0.25) is 0 Å². The Kier molecular flexibility index (Phi) is 3.41. The Labute approximate surface area is 118 Å². The molecule has 2 aromatic rings. The summed E-state index contributed by atoms with van der Waals surface area (Å²) in [7, 11) is 1.95. The molecule has 1 aromatic carbocycles. The minimum Gasteiger partial charge on any atom is -0.370 e. The fraction of sp³-hybridized carbons (Fsp3) is 0.333. The smallest absolute Gasteiger partial charge is 0.193 e. The number of benzene rings is 1. The Morgan fingerprint density at radius 3 is 3.05 bits per heavy atom. The summed E-state index contributed by atoms with van der Waals surface area (Å²) < 4.78 is 1.94. The Hall–Kier alpha value is -2.30. The van der Waals surface area contributed by atoms with Crippen molar-refractivity contribution in [2.45, 2.75) is 25.8 Å². The minimum atomic E-state index is 0.422. The molecule has 0 radical (unpaired) electrons. The zero-order valence-electron chi connectivity index (χ0n) is 11.6. The van der Waals surface area contributed by atoms with Crippen molar-refractivity contribution in [1.82, 2.24) is 9.55 Å². The molecule has 0 bridgehead atoms. The van der Waals surface area contributed by atoms with Crippen molar-refractivity contribution in [3.8, 4) is 0 Å². The van der Waals surface area contributed by atoms with Crippen LogP contribution in [0.25, 0.3) is 0 Å². The van der Waals surface area contributed by atoms with Crippen molar-refractivity contribution in [2.24, 2.45) is 17.8 Å². The van der Waals surface area contributed by atoms with Crippen molar-refractivity contribution in [3.05, 3.63) is 47.5 Å². The summed E-state index contributed by atoms with van der Waals surface area (Å²) in [5.41, 5.74) is 9.81. The largest absolute Gasteiger partial charge is 0.370 e. The first-order chi connectivity index (χ1) is 9.72. The van der Waals surface area contributed by atoms with E-state index in [0.29, 0.717) is 12.5 Å². The van der Waals surface area contributed by atoms with Crippen LogP contribution in [0.4, 0.5) is 5.69 Å². The van der Waals surface area contributed by atoms with Crippen LogP contribution in [0.5, 0.6) is 0 Å². The number of nitrogens with one attached hydrogen (secondary N) is 1. The average molecular weight is 269 g/mol. The summed E-state index contributed by atoms with van der Waals surface area (Å²) in [6, 6.07) is 6.41. The number of aromatic nitrogens is 2. The molecule has 104 valence electrons. The Morgan fingerprint density at radius 1 is 1.40 bits per heavy atom. The van der Waals surface area contributed by atoms with E-state index < -0.39 is 0 Å². The van der Waals surface area contributed by atoms with E-state index in [0.717, 1.165) is 17.9 Å². The lowest BCUT2D eigenvalue weighted by Crippen LogP contribution is -2.22. The zero-order valence-corrected chi connectivity index (χ0v) is 11.6. The Morgan fingerprint density at radius 2 is 2.25 bits per heavy atom. The van der Waals surface area contributed by atoms with Crippen LogP contribution in [0.3, 0.4) is 0 Å². The standard InChI is InChI=1S/C15H19N5/c1-20-8-7-17-14(20)10-18-15(16)19-13-6-5-11-3-2-4-12(11)9-13/h5-9H,2-4,10H2,1H3,(H3,16,18,19). The third-order valence-corrected chi connectivity index (χ3v) is 3.68. The molecule has 5 nitrogen and oxygen atoms in total. The van der Waals surface area contributed by atoms with E-state index >= 15 is 0 Å². The average Bonchev–Trinajstić information content (AvgIpc) is 3.04. The highest BCUT2D eigenvalue weighted by Crippen LogP contribution is 2.24. The van der Waals surface area contributed by atoms with Gasteiger partial charge in [-0.15, -0.1) is 0 Å². The first-order valence-electron chi connectivity index (χ1n) is 6.87. The van der Waals surface area contributed by atoms with Gasteiger partial charge >= 0.3 is 0 Å². The van der Waals surface area contributed by atoms with Gasteiger partial charge in [0.1, 0.15) is 12.4 Å². The molecule has 0 saturated heterocycles. The highest BCUT2D eigenvalue weighted by Gasteiger charge is 2.10. The van der Waals surface area contributed by atoms with Gasteiger partial charge in [0, 0.05) is 25.1 Å². The van der Waals surface area contributed by atoms with Crippen LogP contribution < -0.4 is 11.1 Å². The topological polar surface area (TPSA) is 68.2 Å².